The minimum atomic E-state index is -0.0714. The Labute approximate surface area is 180 Å². The fraction of sp³-hybridized carbons (Fsp3) is 0.200. The summed E-state index contributed by atoms with van der Waals surface area (Å²) in [7, 11) is 0. The van der Waals surface area contributed by atoms with Crippen molar-refractivity contribution in [3.63, 3.8) is 0 Å². The fourth-order valence-corrected chi connectivity index (χ4v) is 4.73. The average molecular weight is 417 g/mol. The lowest BCUT2D eigenvalue weighted by atomic mass is 10.1. The zero-order valence-corrected chi connectivity index (χ0v) is 18.2. The van der Waals surface area contributed by atoms with Gasteiger partial charge in [-0.3, -0.25) is 9.36 Å². The van der Waals surface area contributed by atoms with E-state index in [0.717, 1.165) is 10.4 Å². The largest absolute Gasteiger partial charge is 0.507 e. The standard InChI is InChI=1S/C25H24N2O2S/c1-16-15-22(30-18(16)3)23-17(2)26-24(20-11-7-8-12-21(20)28)27(25(23)29)14-13-19-9-5-4-6-10-19/h4-12,15,28H,13-14H2,1-3H3. The Kier molecular flexibility index (Phi) is 5.55. The van der Waals surface area contributed by atoms with Gasteiger partial charge in [-0.2, -0.15) is 0 Å². The lowest BCUT2D eigenvalue weighted by Gasteiger charge is -2.16. The van der Waals surface area contributed by atoms with Gasteiger partial charge < -0.3 is 5.11 Å². The maximum Gasteiger partial charge on any atom is 0.262 e. The number of aromatic hydroxyl groups is 1. The predicted molar refractivity (Wildman–Crippen MR) is 123 cm³/mol. The number of aryl methyl sites for hydroxylation is 4. The molecular weight excluding hydrogens is 392 g/mol. The van der Waals surface area contributed by atoms with Gasteiger partial charge in [0.1, 0.15) is 11.6 Å². The molecule has 2 aromatic carbocycles. The zero-order valence-electron chi connectivity index (χ0n) is 17.3. The Morgan fingerprint density at radius 2 is 1.70 bits per heavy atom. The van der Waals surface area contributed by atoms with E-state index >= 15 is 0 Å². The molecule has 4 aromatic rings. The monoisotopic (exact) mass is 416 g/mol. The minimum absolute atomic E-state index is 0.0714. The van der Waals surface area contributed by atoms with Crippen molar-refractivity contribution in [3.8, 4) is 27.6 Å². The normalized spacial score (nSPS) is 11.0. The number of para-hydroxylation sites is 1. The van der Waals surface area contributed by atoms with Gasteiger partial charge in [0.2, 0.25) is 0 Å². The van der Waals surface area contributed by atoms with Gasteiger partial charge >= 0.3 is 0 Å². The van der Waals surface area contributed by atoms with Crippen LogP contribution in [0.2, 0.25) is 0 Å². The molecule has 0 unspecified atom stereocenters. The van der Waals surface area contributed by atoms with Crippen molar-refractivity contribution in [2.45, 2.75) is 33.7 Å². The molecule has 2 heterocycles. The molecule has 30 heavy (non-hydrogen) atoms. The van der Waals surface area contributed by atoms with E-state index < -0.39 is 0 Å². The third kappa shape index (κ3) is 3.81. The molecule has 0 saturated heterocycles. The molecule has 2 aromatic heterocycles. The second-order valence-electron chi connectivity index (χ2n) is 7.46. The summed E-state index contributed by atoms with van der Waals surface area (Å²) in [6.07, 6.45) is 0.702. The number of phenolic OH excluding ortho intramolecular Hbond substituents is 1. The van der Waals surface area contributed by atoms with Gasteiger partial charge in [-0.05, 0) is 56.5 Å². The van der Waals surface area contributed by atoms with Crippen molar-refractivity contribution in [2.75, 3.05) is 0 Å². The highest BCUT2D eigenvalue weighted by atomic mass is 32.1. The fourth-order valence-electron chi connectivity index (χ4n) is 3.60. The average Bonchev–Trinajstić information content (AvgIpc) is 3.06. The predicted octanol–water partition coefficient (Wildman–Crippen LogP) is 5.51. The molecule has 0 aliphatic carbocycles. The van der Waals surface area contributed by atoms with Gasteiger partial charge in [-0.1, -0.05) is 42.5 Å². The molecule has 1 N–H and O–H groups in total. The molecule has 5 heteroatoms. The van der Waals surface area contributed by atoms with Crippen LogP contribution in [0.5, 0.6) is 5.75 Å². The van der Waals surface area contributed by atoms with Crippen LogP contribution in [0.15, 0.2) is 65.5 Å². The number of phenols is 1. The van der Waals surface area contributed by atoms with Crippen LogP contribution in [0, 0.1) is 20.8 Å². The van der Waals surface area contributed by atoms with E-state index in [1.54, 1.807) is 34.1 Å². The number of aromatic nitrogens is 2. The van der Waals surface area contributed by atoms with Crippen molar-refractivity contribution in [2.24, 2.45) is 0 Å². The van der Waals surface area contributed by atoms with Crippen molar-refractivity contribution in [1.29, 1.82) is 0 Å². The summed E-state index contributed by atoms with van der Waals surface area (Å²) >= 11 is 1.62. The van der Waals surface area contributed by atoms with Crippen LogP contribution < -0.4 is 5.56 Å². The molecule has 0 spiro atoms. The van der Waals surface area contributed by atoms with E-state index in [9.17, 15) is 9.90 Å². The second-order valence-corrected chi connectivity index (χ2v) is 8.71. The SMILES string of the molecule is Cc1cc(-c2c(C)nc(-c3ccccc3O)n(CCc3ccccc3)c2=O)sc1C. The van der Waals surface area contributed by atoms with Crippen LogP contribution >= 0.6 is 11.3 Å². The van der Waals surface area contributed by atoms with Crippen molar-refractivity contribution < 1.29 is 5.11 Å². The Hall–Kier alpha value is -3.18. The van der Waals surface area contributed by atoms with Crippen molar-refractivity contribution >= 4 is 11.3 Å². The molecule has 0 aliphatic heterocycles. The Morgan fingerprint density at radius 1 is 1.00 bits per heavy atom. The maximum absolute atomic E-state index is 13.7. The van der Waals surface area contributed by atoms with Crippen LogP contribution in [0.25, 0.3) is 21.8 Å². The van der Waals surface area contributed by atoms with Crippen LogP contribution in [-0.4, -0.2) is 14.7 Å². The Bertz CT molecular complexity index is 1240. The van der Waals surface area contributed by atoms with Gasteiger partial charge in [0.25, 0.3) is 5.56 Å². The smallest absolute Gasteiger partial charge is 0.262 e. The van der Waals surface area contributed by atoms with Gasteiger partial charge in [-0.25, -0.2) is 4.98 Å². The molecule has 4 nitrogen and oxygen atoms in total. The first-order valence-electron chi connectivity index (χ1n) is 9.97. The van der Waals surface area contributed by atoms with Crippen LogP contribution in [-0.2, 0) is 13.0 Å². The van der Waals surface area contributed by atoms with Gasteiger partial charge in [0.15, 0.2) is 0 Å². The van der Waals surface area contributed by atoms with E-state index in [4.69, 9.17) is 4.98 Å². The Balaban J connectivity index is 1.89. The zero-order chi connectivity index (χ0) is 21.3. The number of hydrogen-bond acceptors (Lipinski definition) is 4. The summed E-state index contributed by atoms with van der Waals surface area (Å²) in [6, 6.07) is 19.2. The van der Waals surface area contributed by atoms with Gasteiger partial charge in [-0.15, -0.1) is 11.3 Å². The Morgan fingerprint density at radius 3 is 2.37 bits per heavy atom. The van der Waals surface area contributed by atoms with E-state index in [1.165, 1.54) is 10.4 Å². The molecule has 152 valence electrons. The van der Waals surface area contributed by atoms with Crippen molar-refractivity contribution in [3.05, 3.63) is 92.7 Å². The number of thiophene rings is 1. The van der Waals surface area contributed by atoms with Crippen LogP contribution in [0.4, 0.5) is 0 Å². The molecule has 0 bridgehead atoms. The topological polar surface area (TPSA) is 55.1 Å². The highest BCUT2D eigenvalue weighted by Gasteiger charge is 2.20. The van der Waals surface area contributed by atoms with Crippen LogP contribution in [0.3, 0.4) is 0 Å². The first-order chi connectivity index (χ1) is 14.5. The maximum atomic E-state index is 13.7. The van der Waals surface area contributed by atoms with E-state index in [1.807, 2.05) is 31.2 Å². The van der Waals surface area contributed by atoms with E-state index in [2.05, 4.69) is 32.0 Å². The summed E-state index contributed by atoms with van der Waals surface area (Å²) < 4.78 is 1.70. The quantitative estimate of drug-likeness (QED) is 0.467. The summed E-state index contributed by atoms with van der Waals surface area (Å²) in [5, 5.41) is 10.4. The number of benzene rings is 2. The minimum Gasteiger partial charge on any atom is -0.507 e. The van der Waals surface area contributed by atoms with E-state index in [-0.39, 0.29) is 11.3 Å². The number of rotatable bonds is 5. The summed E-state index contributed by atoms with van der Waals surface area (Å²) in [5.41, 5.74) is 4.14. The third-order valence-electron chi connectivity index (χ3n) is 5.37. The highest BCUT2D eigenvalue weighted by molar-refractivity contribution is 7.15. The first-order valence-corrected chi connectivity index (χ1v) is 10.8. The molecule has 0 amide bonds. The molecule has 0 aliphatic rings. The number of hydrogen-bond donors (Lipinski definition) is 1. The molecular formula is C25H24N2O2S. The molecule has 0 saturated carbocycles. The molecule has 0 radical (unpaired) electrons. The summed E-state index contributed by atoms with van der Waals surface area (Å²) in [5.74, 6) is 0.619. The van der Waals surface area contributed by atoms with Gasteiger partial charge in [0.05, 0.1) is 16.8 Å². The highest BCUT2D eigenvalue weighted by Crippen LogP contribution is 2.32. The molecule has 4 rings (SSSR count). The van der Waals surface area contributed by atoms with Crippen molar-refractivity contribution in [1.82, 2.24) is 9.55 Å². The molecule has 0 atom stereocenters. The summed E-state index contributed by atoms with van der Waals surface area (Å²) in [4.78, 5) is 20.6. The van der Waals surface area contributed by atoms with Gasteiger partial charge in [0, 0.05) is 16.3 Å². The third-order valence-corrected chi connectivity index (χ3v) is 6.54. The lowest BCUT2D eigenvalue weighted by molar-refractivity contribution is 0.476. The van der Waals surface area contributed by atoms with E-state index in [0.29, 0.717) is 35.6 Å². The lowest BCUT2D eigenvalue weighted by Crippen LogP contribution is -2.27. The van der Waals surface area contributed by atoms with Crippen LogP contribution in [0.1, 0.15) is 21.7 Å². The first kappa shape index (κ1) is 20.1. The second kappa shape index (κ2) is 8.28. The molecule has 0 fully saturated rings. The summed E-state index contributed by atoms with van der Waals surface area (Å²) in [6.45, 7) is 6.47. The number of nitrogens with zero attached hydrogens (tertiary/aromatic N) is 2.